The number of benzene rings is 2. The van der Waals surface area contributed by atoms with Gasteiger partial charge in [0.15, 0.2) is 0 Å². The van der Waals surface area contributed by atoms with E-state index in [1.54, 1.807) is 18.2 Å². The summed E-state index contributed by atoms with van der Waals surface area (Å²) in [5, 5.41) is 12.4. The van der Waals surface area contributed by atoms with Crippen LogP contribution in [0.25, 0.3) is 0 Å². The van der Waals surface area contributed by atoms with Gasteiger partial charge in [-0.15, -0.1) is 0 Å². The van der Waals surface area contributed by atoms with Crippen molar-refractivity contribution in [1.82, 2.24) is 10.0 Å². The van der Waals surface area contributed by atoms with Gasteiger partial charge in [0.25, 0.3) is 5.91 Å². The van der Waals surface area contributed by atoms with E-state index in [4.69, 9.17) is 4.74 Å². The van der Waals surface area contributed by atoms with E-state index in [-0.39, 0.29) is 29.7 Å². The highest BCUT2D eigenvalue weighted by atomic mass is 32.2. The number of amides is 1. The minimum Gasteiger partial charge on any atom is -0.394 e. The zero-order valence-electron chi connectivity index (χ0n) is 16.3. The molecule has 0 spiro atoms. The molecule has 7 nitrogen and oxygen atoms in total. The SMILES string of the molecule is O=C(N[C@H]1CC[C@@H](CCNS(=O)(=O)c2ccccc2)O[C@H]1CO)c1cccc(F)c1. The Kier molecular flexibility index (Phi) is 7.54. The molecule has 0 bridgehead atoms. The zero-order chi connectivity index (χ0) is 21.6. The second-order valence-electron chi connectivity index (χ2n) is 7.15. The molecule has 3 N–H and O–H groups in total. The number of aliphatic hydroxyl groups excluding tert-OH is 1. The first-order chi connectivity index (χ1) is 14.4. The van der Waals surface area contributed by atoms with Gasteiger partial charge in [0.1, 0.15) is 11.9 Å². The van der Waals surface area contributed by atoms with Crippen LogP contribution in [0.15, 0.2) is 59.5 Å². The van der Waals surface area contributed by atoms with Crippen molar-refractivity contribution in [3.05, 3.63) is 66.0 Å². The van der Waals surface area contributed by atoms with Crippen LogP contribution in [0.2, 0.25) is 0 Å². The van der Waals surface area contributed by atoms with E-state index in [1.807, 2.05) is 0 Å². The van der Waals surface area contributed by atoms with Gasteiger partial charge in [-0.1, -0.05) is 24.3 Å². The van der Waals surface area contributed by atoms with Crippen molar-refractivity contribution >= 4 is 15.9 Å². The molecule has 1 heterocycles. The van der Waals surface area contributed by atoms with Crippen LogP contribution < -0.4 is 10.0 Å². The first-order valence-corrected chi connectivity index (χ1v) is 11.2. The number of hydrogen-bond acceptors (Lipinski definition) is 5. The number of ether oxygens (including phenoxy) is 1. The van der Waals surface area contributed by atoms with Crippen molar-refractivity contribution in [2.75, 3.05) is 13.2 Å². The van der Waals surface area contributed by atoms with Gasteiger partial charge in [0.05, 0.1) is 23.6 Å². The molecule has 0 saturated carbocycles. The molecule has 2 aromatic carbocycles. The lowest BCUT2D eigenvalue weighted by molar-refractivity contribution is -0.0891. The molecule has 1 aliphatic rings. The van der Waals surface area contributed by atoms with Crippen molar-refractivity contribution in [2.24, 2.45) is 0 Å². The Balaban J connectivity index is 1.50. The summed E-state index contributed by atoms with van der Waals surface area (Å²) in [5.41, 5.74) is 0.198. The quantitative estimate of drug-likeness (QED) is 0.586. The maximum absolute atomic E-state index is 13.3. The molecule has 2 aromatic rings. The maximum atomic E-state index is 13.3. The molecule has 9 heteroatoms. The molecule has 1 fully saturated rings. The predicted octanol–water partition coefficient (Wildman–Crippen LogP) is 1.83. The Morgan fingerprint density at radius 3 is 2.60 bits per heavy atom. The second-order valence-corrected chi connectivity index (χ2v) is 8.91. The van der Waals surface area contributed by atoms with Crippen molar-refractivity contribution in [1.29, 1.82) is 0 Å². The standard InChI is InChI=1S/C21H25FN2O5S/c22-16-6-4-5-15(13-16)21(26)24-19-10-9-17(29-20(19)14-25)11-12-23-30(27,28)18-7-2-1-3-8-18/h1-8,13,17,19-20,23,25H,9-12,14H2,(H,24,26)/t17-,19-,20-/m0/s1. The van der Waals surface area contributed by atoms with E-state index in [1.165, 1.54) is 30.3 Å². The fourth-order valence-electron chi connectivity index (χ4n) is 3.43. The number of aliphatic hydroxyl groups is 1. The molecule has 3 atom stereocenters. The number of rotatable bonds is 8. The molecule has 1 amide bonds. The van der Waals surface area contributed by atoms with Gasteiger partial charge in [0.2, 0.25) is 10.0 Å². The smallest absolute Gasteiger partial charge is 0.251 e. The third-order valence-corrected chi connectivity index (χ3v) is 6.49. The summed E-state index contributed by atoms with van der Waals surface area (Å²) in [6.07, 6.45) is 0.725. The average Bonchev–Trinajstić information content (AvgIpc) is 2.75. The minimum absolute atomic E-state index is 0.195. The van der Waals surface area contributed by atoms with Crippen molar-refractivity contribution in [2.45, 2.75) is 42.4 Å². The van der Waals surface area contributed by atoms with Gasteiger partial charge in [0, 0.05) is 12.1 Å². The Morgan fingerprint density at radius 2 is 1.90 bits per heavy atom. The van der Waals surface area contributed by atoms with E-state index >= 15 is 0 Å². The van der Waals surface area contributed by atoms with Gasteiger partial charge in [-0.25, -0.2) is 17.5 Å². The Hall–Kier alpha value is -2.33. The summed E-state index contributed by atoms with van der Waals surface area (Å²) in [5.74, 6) is -0.935. The molecule has 1 aliphatic heterocycles. The summed E-state index contributed by atoms with van der Waals surface area (Å²) in [6, 6.07) is 13.1. The molecular formula is C21H25FN2O5S. The van der Waals surface area contributed by atoms with Crippen molar-refractivity contribution in [3.63, 3.8) is 0 Å². The van der Waals surface area contributed by atoms with Crippen molar-refractivity contribution in [3.8, 4) is 0 Å². The van der Waals surface area contributed by atoms with Crippen LogP contribution in [0.1, 0.15) is 29.6 Å². The minimum atomic E-state index is -3.58. The lowest BCUT2D eigenvalue weighted by Crippen LogP contribution is -2.51. The number of carbonyl (C=O) groups is 1. The Labute approximate surface area is 175 Å². The summed E-state index contributed by atoms with van der Waals surface area (Å²) >= 11 is 0. The number of hydrogen-bond donors (Lipinski definition) is 3. The lowest BCUT2D eigenvalue weighted by Gasteiger charge is -2.36. The van der Waals surface area contributed by atoms with E-state index < -0.39 is 33.9 Å². The molecule has 30 heavy (non-hydrogen) atoms. The fraction of sp³-hybridized carbons (Fsp3) is 0.381. The predicted molar refractivity (Wildman–Crippen MR) is 109 cm³/mol. The molecule has 0 aromatic heterocycles. The fourth-order valence-corrected chi connectivity index (χ4v) is 4.50. The molecular weight excluding hydrogens is 411 g/mol. The van der Waals surface area contributed by atoms with Crippen LogP contribution in [0.4, 0.5) is 4.39 Å². The zero-order valence-corrected chi connectivity index (χ0v) is 17.1. The average molecular weight is 437 g/mol. The van der Waals surface area contributed by atoms with Gasteiger partial charge in [-0.05, 0) is 49.6 Å². The normalized spacial score (nSPS) is 21.9. The van der Waals surface area contributed by atoms with Crippen LogP contribution >= 0.6 is 0 Å². The summed E-state index contributed by atoms with van der Waals surface area (Å²) < 4.78 is 46.2. The van der Waals surface area contributed by atoms with E-state index in [0.29, 0.717) is 19.3 Å². The molecule has 3 rings (SSSR count). The highest BCUT2D eigenvalue weighted by Crippen LogP contribution is 2.22. The highest BCUT2D eigenvalue weighted by molar-refractivity contribution is 7.89. The van der Waals surface area contributed by atoms with Crippen LogP contribution in [-0.4, -0.2) is 50.8 Å². The first-order valence-electron chi connectivity index (χ1n) is 9.76. The third kappa shape index (κ3) is 5.85. The Bertz CT molecular complexity index is 955. The van der Waals surface area contributed by atoms with Crippen molar-refractivity contribution < 1.29 is 27.4 Å². The molecule has 0 radical (unpaired) electrons. The monoisotopic (exact) mass is 436 g/mol. The van der Waals surface area contributed by atoms with Gasteiger partial charge in [-0.2, -0.15) is 0 Å². The summed E-state index contributed by atoms with van der Waals surface area (Å²) in [4.78, 5) is 12.5. The number of sulfonamides is 1. The number of carbonyl (C=O) groups excluding carboxylic acids is 1. The Morgan fingerprint density at radius 1 is 1.13 bits per heavy atom. The largest absolute Gasteiger partial charge is 0.394 e. The third-order valence-electron chi connectivity index (χ3n) is 5.01. The van der Waals surface area contributed by atoms with E-state index in [2.05, 4.69) is 10.0 Å². The molecule has 0 unspecified atom stereocenters. The molecule has 0 aliphatic carbocycles. The number of nitrogens with one attached hydrogen (secondary N) is 2. The van der Waals surface area contributed by atoms with Gasteiger partial charge in [-0.3, -0.25) is 4.79 Å². The molecule has 162 valence electrons. The second kappa shape index (κ2) is 10.1. The highest BCUT2D eigenvalue weighted by Gasteiger charge is 2.32. The number of halogens is 1. The van der Waals surface area contributed by atoms with E-state index in [0.717, 1.165) is 6.07 Å². The van der Waals surface area contributed by atoms with Gasteiger partial charge < -0.3 is 15.2 Å². The van der Waals surface area contributed by atoms with Crippen LogP contribution in [0.5, 0.6) is 0 Å². The summed E-state index contributed by atoms with van der Waals surface area (Å²) in [6.45, 7) is -0.0965. The van der Waals surface area contributed by atoms with E-state index in [9.17, 15) is 22.7 Å². The summed E-state index contributed by atoms with van der Waals surface area (Å²) in [7, 11) is -3.58. The lowest BCUT2D eigenvalue weighted by atomic mass is 9.97. The molecule has 1 saturated heterocycles. The first kappa shape index (κ1) is 22.4. The van der Waals surface area contributed by atoms with Crippen LogP contribution in [-0.2, 0) is 14.8 Å². The maximum Gasteiger partial charge on any atom is 0.251 e. The van der Waals surface area contributed by atoms with Crippen LogP contribution in [0, 0.1) is 5.82 Å². The van der Waals surface area contributed by atoms with Crippen LogP contribution in [0.3, 0.4) is 0 Å². The van der Waals surface area contributed by atoms with Gasteiger partial charge >= 0.3 is 0 Å². The topological polar surface area (TPSA) is 105 Å².